The van der Waals surface area contributed by atoms with Crippen molar-refractivity contribution in [2.45, 2.75) is 12.8 Å². The number of aromatic amines is 2. The third-order valence-corrected chi connectivity index (χ3v) is 7.52. The first kappa shape index (κ1) is 26.7. The molecule has 0 amide bonds. The highest BCUT2D eigenvalue weighted by Gasteiger charge is 2.34. The largest absolute Gasteiger partial charge is 0.418 e. The Morgan fingerprint density at radius 1 is 0.628 bits per heavy atom. The van der Waals surface area contributed by atoms with Gasteiger partial charge in [-0.05, 0) is 59.7 Å². The molecule has 0 unspecified atom stereocenters. The normalized spacial score (nSPS) is 12.7. The summed E-state index contributed by atoms with van der Waals surface area (Å²) in [4.78, 5) is 16.3. The van der Waals surface area contributed by atoms with E-state index in [9.17, 15) is 13.2 Å². The van der Waals surface area contributed by atoms with Gasteiger partial charge in [0.2, 0.25) is 0 Å². The van der Waals surface area contributed by atoms with Gasteiger partial charge in [-0.1, -0.05) is 60.7 Å². The first-order valence-electron chi connectivity index (χ1n) is 13.7. The molecule has 8 heteroatoms. The number of nitrogens with zero attached hydrogens (tertiary/aromatic N) is 2. The van der Waals surface area contributed by atoms with E-state index in [0.29, 0.717) is 33.7 Å². The smallest absolute Gasteiger partial charge is 0.380 e. The molecule has 2 N–H and O–H groups in total. The summed E-state index contributed by atoms with van der Waals surface area (Å²) in [5.74, 6) is 0. The average molecular weight is 575 g/mol. The quantitative estimate of drug-likeness (QED) is 0.220. The molecule has 0 spiro atoms. The van der Waals surface area contributed by atoms with Crippen molar-refractivity contribution < 1.29 is 17.9 Å². The Morgan fingerprint density at radius 3 is 1.74 bits per heavy atom. The Kier molecular flexibility index (Phi) is 6.55. The Morgan fingerprint density at radius 2 is 1.19 bits per heavy atom. The van der Waals surface area contributed by atoms with Crippen molar-refractivity contribution >= 4 is 46.4 Å². The Hall–Kier alpha value is -5.21. The number of aromatic nitrogens is 4. The number of hydrogen-bond donors (Lipinski definition) is 2. The minimum Gasteiger partial charge on any atom is -0.380 e. The standard InChI is InChI=1S/C35H25F3N4O/c1-43-20-24-26-14-16-29(40-26)33(21-8-4-2-5-9-21)28-13-12-23(39-28)18-31-25(35(36,37)38)19-32(42-31)34(22-10-6-3-7-11-22)30-17-15-27(24)41-30/h2-19,39,42H,20H2,1H3. The number of rotatable bonds is 4. The first-order chi connectivity index (χ1) is 20.9. The van der Waals surface area contributed by atoms with E-state index >= 15 is 0 Å². The maximum Gasteiger partial charge on any atom is 0.418 e. The third-order valence-electron chi connectivity index (χ3n) is 7.52. The van der Waals surface area contributed by atoms with Gasteiger partial charge in [0.25, 0.3) is 0 Å². The number of hydrogen-bond acceptors (Lipinski definition) is 3. The van der Waals surface area contributed by atoms with Crippen molar-refractivity contribution in [2.75, 3.05) is 7.11 Å². The fraction of sp³-hybridized carbons (Fsp3) is 0.0857. The lowest BCUT2D eigenvalue weighted by atomic mass is 10.0. The highest BCUT2D eigenvalue weighted by Crippen LogP contribution is 2.38. The number of benzene rings is 2. The second-order valence-electron chi connectivity index (χ2n) is 10.3. The minimum absolute atomic E-state index is 0.0511. The van der Waals surface area contributed by atoms with Crippen molar-refractivity contribution in [3.63, 3.8) is 0 Å². The van der Waals surface area contributed by atoms with Crippen molar-refractivity contribution in [2.24, 2.45) is 0 Å². The van der Waals surface area contributed by atoms with E-state index in [4.69, 9.17) is 14.7 Å². The highest BCUT2D eigenvalue weighted by molar-refractivity contribution is 5.94. The molecule has 0 saturated heterocycles. The predicted molar refractivity (Wildman–Crippen MR) is 165 cm³/mol. The summed E-state index contributed by atoms with van der Waals surface area (Å²) in [6.45, 7) is 0.251. The maximum absolute atomic E-state index is 14.4. The lowest BCUT2D eigenvalue weighted by Gasteiger charge is -2.05. The number of ether oxygens (including phenoxy) is 1. The molecule has 212 valence electrons. The van der Waals surface area contributed by atoms with Crippen LogP contribution >= 0.6 is 0 Å². The monoisotopic (exact) mass is 574 g/mol. The number of alkyl halides is 3. The van der Waals surface area contributed by atoms with Gasteiger partial charge in [-0.3, -0.25) is 0 Å². The number of nitrogens with one attached hydrogen (secondary N) is 2. The van der Waals surface area contributed by atoms with Gasteiger partial charge in [-0.2, -0.15) is 13.2 Å². The zero-order chi connectivity index (χ0) is 29.6. The van der Waals surface area contributed by atoms with Crippen LogP contribution in [0.1, 0.15) is 33.9 Å². The van der Waals surface area contributed by atoms with E-state index in [1.54, 1.807) is 13.2 Å². The van der Waals surface area contributed by atoms with Crippen LogP contribution in [0, 0.1) is 0 Å². The van der Waals surface area contributed by atoms with Crippen LogP contribution in [-0.4, -0.2) is 27.0 Å². The molecule has 8 bridgehead atoms. The van der Waals surface area contributed by atoms with Gasteiger partial charge in [0.05, 0.1) is 40.5 Å². The van der Waals surface area contributed by atoms with E-state index in [1.165, 1.54) is 6.07 Å². The topological polar surface area (TPSA) is 66.6 Å². The average Bonchev–Trinajstić information content (AvgIpc) is 3.82. The molecule has 0 radical (unpaired) electrons. The Labute approximate surface area is 245 Å². The molecule has 43 heavy (non-hydrogen) atoms. The Balaban J connectivity index is 1.67. The molecule has 3 aromatic heterocycles. The lowest BCUT2D eigenvalue weighted by molar-refractivity contribution is -0.136. The molecule has 2 aromatic carbocycles. The van der Waals surface area contributed by atoms with Gasteiger partial charge in [-0.25, -0.2) is 9.97 Å². The van der Waals surface area contributed by atoms with Gasteiger partial charge >= 0.3 is 6.18 Å². The van der Waals surface area contributed by atoms with Crippen LogP contribution in [0.25, 0.3) is 68.6 Å². The zero-order valence-corrected chi connectivity index (χ0v) is 23.0. The molecule has 0 fully saturated rings. The van der Waals surface area contributed by atoms with Crippen molar-refractivity contribution in [3.05, 3.63) is 119 Å². The van der Waals surface area contributed by atoms with Crippen LogP contribution in [0.2, 0.25) is 0 Å². The highest BCUT2D eigenvalue weighted by atomic mass is 19.4. The van der Waals surface area contributed by atoms with Crippen molar-refractivity contribution in [1.29, 1.82) is 0 Å². The second kappa shape index (κ2) is 10.6. The summed E-state index contributed by atoms with van der Waals surface area (Å²) in [7, 11) is 1.61. The van der Waals surface area contributed by atoms with Crippen molar-refractivity contribution in [3.8, 4) is 22.3 Å². The molecule has 2 aliphatic rings. The summed E-state index contributed by atoms with van der Waals surface area (Å²) in [6.07, 6.45) is 2.99. The Bertz CT molecular complexity index is 2070. The molecule has 5 nitrogen and oxygen atoms in total. The van der Waals surface area contributed by atoms with Crippen LogP contribution < -0.4 is 0 Å². The molecular weight excluding hydrogens is 549 g/mol. The molecule has 0 aliphatic carbocycles. The number of H-pyrrole nitrogens is 2. The number of methoxy groups -OCH3 is 1. The maximum atomic E-state index is 14.4. The number of halogens is 3. The van der Waals surface area contributed by atoms with E-state index < -0.39 is 11.7 Å². The van der Waals surface area contributed by atoms with E-state index in [-0.39, 0.29) is 12.1 Å². The molecular formula is C35H25F3N4O. The van der Waals surface area contributed by atoms with E-state index in [1.807, 2.05) is 91.0 Å². The predicted octanol–water partition coefficient (Wildman–Crippen LogP) is 9.15. The first-order valence-corrected chi connectivity index (χ1v) is 13.7. The van der Waals surface area contributed by atoms with E-state index in [0.717, 1.165) is 39.5 Å². The molecule has 0 atom stereocenters. The fourth-order valence-electron chi connectivity index (χ4n) is 5.61. The van der Waals surface area contributed by atoms with Gasteiger partial charge in [0.15, 0.2) is 0 Å². The third kappa shape index (κ3) is 4.96. The van der Waals surface area contributed by atoms with Crippen LogP contribution in [0.15, 0.2) is 84.9 Å². The number of fused-ring (bicyclic) bond motifs is 8. The van der Waals surface area contributed by atoms with E-state index in [2.05, 4.69) is 9.97 Å². The zero-order valence-electron chi connectivity index (χ0n) is 23.0. The second-order valence-corrected chi connectivity index (χ2v) is 10.3. The molecule has 2 aliphatic heterocycles. The summed E-state index contributed by atoms with van der Waals surface area (Å²) < 4.78 is 48.8. The summed E-state index contributed by atoms with van der Waals surface area (Å²) in [5.41, 5.74) is 7.17. The van der Waals surface area contributed by atoms with Gasteiger partial charge in [-0.15, -0.1) is 0 Å². The summed E-state index contributed by atoms with van der Waals surface area (Å²) in [6, 6.07) is 25.4. The van der Waals surface area contributed by atoms with Gasteiger partial charge in [0, 0.05) is 40.4 Å². The van der Waals surface area contributed by atoms with Crippen LogP contribution in [-0.2, 0) is 17.5 Å². The van der Waals surface area contributed by atoms with Crippen molar-refractivity contribution in [1.82, 2.24) is 19.9 Å². The molecule has 0 saturated carbocycles. The molecule has 5 aromatic rings. The van der Waals surface area contributed by atoms with Crippen LogP contribution in [0.3, 0.4) is 0 Å². The summed E-state index contributed by atoms with van der Waals surface area (Å²) in [5, 5.41) is 0. The SMILES string of the molecule is COCc1c2nc(c(-c3ccccc3)c3ccc(cc4[nH]c(cc4C(F)(F)F)c(-c4ccccc4)c4nc1C=C4)[nH]3)C=C2. The molecule has 7 rings (SSSR count). The lowest BCUT2D eigenvalue weighted by Crippen LogP contribution is -2.03. The van der Waals surface area contributed by atoms with Crippen LogP contribution in [0.4, 0.5) is 13.2 Å². The fourth-order valence-corrected chi connectivity index (χ4v) is 5.61. The van der Waals surface area contributed by atoms with Crippen LogP contribution in [0.5, 0.6) is 0 Å². The minimum atomic E-state index is -4.58. The van der Waals surface area contributed by atoms with Gasteiger partial charge in [0.1, 0.15) is 0 Å². The summed E-state index contributed by atoms with van der Waals surface area (Å²) >= 11 is 0. The molecule has 5 heterocycles. The van der Waals surface area contributed by atoms with Gasteiger partial charge < -0.3 is 14.7 Å².